The van der Waals surface area contributed by atoms with Crippen LogP contribution >= 0.6 is 0 Å². The molecule has 3 heteroatoms. The molecule has 1 aliphatic heterocycles. The molecule has 0 amide bonds. The first-order valence-corrected chi connectivity index (χ1v) is 6.45. The number of hydrogen-bond acceptors (Lipinski definition) is 2. The highest BCUT2D eigenvalue weighted by molar-refractivity contribution is 5.19. The molecule has 2 atom stereocenters. The summed E-state index contributed by atoms with van der Waals surface area (Å²) in [6, 6.07) is 7.04. The van der Waals surface area contributed by atoms with Gasteiger partial charge < -0.3 is 10.6 Å². The van der Waals surface area contributed by atoms with Crippen LogP contribution in [0.5, 0.6) is 0 Å². The van der Waals surface area contributed by atoms with Gasteiger partial charge in [-0.3, -0.25) is 0 Å². The average molecular weight is 236 g/mol. The summed E-state index contributed by atoms with van der Waals surface area (Å²) in [6.45, 7) is 5.43. The van der Waals surface area contributed by atoms with Crippen LogP contribution in [0.25, 0.3) is 0 Å². The highest BCUT2D eigenvalue weighted by Gasteiger charge is 2.14. The van der Waals surface area contributed by atoms with Crippen molar-refractivity contribution in [1.29, 1.82) is 0 Å². The molecule has 1 saturated heterocycles. The lowest BCUT2D eigenvalue weighted by atomic mass is 9.99. The summed E-state index contributed by atoms with van der Waals surface area (Å²) in [5.41, 5.74) is 1.15. The van der Waals surface area contributed by atoms with E-state index in [-0.39, 0.29) is 11.9 Å². The number of halogens is 1. The largest absolute Gasteiger partial charge is 0.316 e. The Morgan fingerprint density at radius 3 is 2.82 bits per heavy atom. The molecule has 0 saturated carbocycles. The lowest BCUT2D eigenvalue weighted by Gasteiger charge is -2.25. The fraction of sp³-hybridized carbons (Fsp3) is 0.571. The van der Waals surface area contributed by atoms with Crippen molar-refractivity contribution >= 4 is 0 Å². The molecule has 1 aliphatic rings. The molecule has 2 N–H and O–H groups in total. The van der Waals surface area contributed by atoms with Crippen molar-refractivity contribution in [3.8, 4) is 0 Å². The quantitative estimate of drug-likeness (QED) is 0.839. The molecule has 1 unspecified atom stereocenters. The van der Waals surface area contributed by atoms with E-state index in [1.807, 2.05) is 12.1 Å². The SMILES string of the molecule is C[C@H](NCC1CCCNC1)c1ccc(F)cc1. The molecule has 1 aromatic rings. The molecule has 1 heterocycles. The zero-order valence-corrected chi connectivity index (χ0v) is 10.4. The Bertz CT molecular complexity index is 331. The van der Waals surface area contributed by atoms with Crippen LogP contribution in [0.2, 0.25) is 0 Å². The third-order valence-corrected chi connectivity index (χ3v) is 3.48. The van der Waals surface area contributed by atoms with Crippen molar-refractivity contribution in [2.24, 2.45) is 5.92 Å². The van der Waals surface area contributed by atoms with Gasteiger partial charge >= 0.3 is 0 Å². The van der Waals surface area contributed by atoms with E-state index < -0.39 is 0 Å². The van der Waals surface area contributed by atoms with E-state index in [9.17, 15) is 4.39 Å². The van der Waals surface area contributed by atoms with Gasteiger partial charge in [-0.1, -0.05) is 12.1 Å². The van der Waals surface area contributed by atoms with Crippen LogP contribution in [0.15, 0.2) is 24.3 Å². The topological polar surface area (TPSA) is 24.1 Å². The van der Waals surface area contributed by atoms with E-state index in [1.54, 1.807) is 0 Å². The molecule has 94 valence electrons. The van der Waals surface area contributed by atoms with Gasteiger partial charge in [-0.15, -0.1) is 0 Å². The maximum absolute atomic E-state index is 12.8. The van der Waals surface area contributed by atoms with Crippen LogP contribution in [-0.2, 0) is 0 Å². The van der Waals surface area contributed by atoms with Gasteiger partial charge in [0.15, 0.2) is 0 Å². The molecule has 0 spiro atoms. The standard InChI is InChI=1S/C14H21FN2/c1-11(13-4-6-14(15)7-5-13)17-10-12-3-2-8-16-9-12/h4-7,11-12,16-17H,2-3,8-10H2,1H3/t11-,12?/m0/s1. The second-order valence-electron chi connectivity index (χ2n) is 4.89. The van der Waals surface area contributed by atoms with Crippen molar-refractivity contribution in [3.05, 3.63) is 35.6 Å². The summed E-state index contributed by atoms with van der Waals surface area (Å²) in [5, 5.41) is 6.94. The van der Waals surface area contributed by atoms with Gasteiger partial charge in [0.25, 0.3) is 0 Å². The minimum atomic E-state index is -0.169. The second kappa shape index (κ2) is 6.12. The molecule has 0 radical (unpaired) electrons. The van der Waals surface area contributed by atoms with Crippen molar-refractivity contribution in [2.45, 2.75) is 25.8 Å². The van der Waals surface area contributed by atoms with Crippen LogP contribution in [0.1, 0.15) is 31.4 Å². The minimum absolute atomic E-state index is 0.169. The molecule has 0 aliphatic carbocycles. The van der Waals surface area contributed by atoms with Gasteiger partial charge in [0.05, 0.1) is 0 Å². The highest BCUT2D eigenvalue weighted by atomic mass is 19.1. The smallest absolute Gasteiger partial charge is 0.123 e. The van der Waals surface area contributed by atoms with Crippen LogP contribution < -0.4 is 10.6 Å². The Morgan fingerprint density at radius 2 is 2.18 bits per heavy atom. The Kier molecular flexibility index (Phi) is 4.51. The molecule has 1 aromatic carbocycles. The molecular weight excluding hydrogens is 215 g/mol. The van der Waals surface area contributed by atoms with Crippen molar-refractivity contribution in [1.82, 2.24) is 10.6 Å². The number of benzene rings is 1. The molecule has 0 aromatic heterocycles. The summed E-state index contributed by atoms with van der Waals surface area (Å²) in [5.74, 6) is 0.559. The predicted octanol–water partition coefficient (Wildman–Crippen LogP) is 2.48. The number of hydrogen-bond donors (Lipinski definition) is 2. The Hall–Kier alpha value is -0.930. The Balaban J connectivity index is 1.80. The summed E-state index contributed by atoms with van der Waals surface area (Å²) in [6.07, 6.45) is 2.58. The van der Waals surface area contributed by atoms with Gasteiger partial charge in [0.1, 0.15) is 5.82 Å². The third kappa shape index (κ3) is 3.79. The predicted molar refractivity (Wildman–Crippen MR) is 68.4 cm³/mol. The van der Waals surface area contributed by atoms with Crippen LogP contribution in [0.4, 0.5) is 4.39 Å². The molecule has 0 bridgehead atoms. The van der Waals surface area contributed by atoms with E-state index in [2.05, 4.69) is 17.6 Å². The Morgan fingerprint density at radius 1 is 1.41 bits per heavy atom. The normalized spacial score (nSPS) is 22.4. The summed E-state index contributed by atoms with van der Waals surface area (Å²) >= 11 is 0. The molecule has 1 fully saturated rings. The minimum Gasteiger partial charge on any atom is -0.316 e. The lowest BCUT2D eigenvalue weighted by Crippen LogP contribution is -2.36. The average Bonchev–Trinajstić information content (AvgIpc) is 2.38. The lowest BCUT2D eigenvalue weighted by molar-refractivity contribution is 0.348. The van der Waals surface area contributed by atoms with E-state index in [4.69, 9.17) is 0 Å². The molecular formula is C14H21FN2. The summed E-state index contributed by atoms with van der Waals surface area (Å²) < 4.78 is 12.8. The van der Waals surface area contributed by atoms with Crippen molar-refractivity contribution < 1.29 is 4.39 Å². The van der Waals surface area contributed by atoms with E-state index in [0.29, 0.717) is 0 Å². The first kappa shape index (κ1) is 12.5. The Labute approximate surface area is 103 Å². The third-order valence-electron chi connectivity index (χ3n) is 3.48. The fourth-order valence-electron chi connectivity index (χ4n) is 2.31. The molecule has 2 rings (SSSR count). The number of piperidine rings is 1. The summed E-state index contributed by atoms with van der Waals surface area (Å²) in [7, 11) is 0. The highest BCUT2D eigenvalue weighted by Crippen LogP contribution is 2.15. The maximum Gasteiger partial charge on any atom is 0.123 e. The van der Waals surface area contributed by atoms with E-state index >= 15 is 0 Å². The van der Waals surface area contributed by atoms with Crippen LogP contribution in [0.3, 0.4) is 0 Å². The van der Waals surface area contributed by atoms with E-state index in [0.717, 1.165) is 31.1 Å². The monoisotopic (exact) mass is 236 g/mol. The first-order chi connectivity index (χ1) is 8.25. The number of nitrogens with one attached hydrogen (secondary N) is 2. The van der Waals surface area contributed by atoms with E-state index in [1.165, 1.54) is 25.0 Å². The van der Waals surface area contributed by atoms with Gasteiger partial charge in [0, 0.05) is 6.04 Å². The van der Waals surface area contributed by atoms with Crippen LogP contribution in [0, 0.1) is 11.7 Å². The summed E-state index contributed by atoms with van der Waals surface area (Å²) in [4.78, 5) is 0. The fourth-order valence-corrected chi connectivity index (χ4v) is 2.31. The van der Waals surface area contributed by atoms with Crippen molar-refractivity contribution in [2.75, 3.05) is 19.6 Å². The maximum atomic E-state index is 12.8. The zero-order chi connectivity index (χ0) is 12.1. The zero-order valence-electron chi connectivity index (χ0n) is 10.4. The van der Waals surface area contributed by atoms with Crippen LogP contribution in [-0.4, -0.2) is 19.6 Å². The molecule has 2 nitrogen and oxygen atoms in total. The van der Waals surface area contributed by atoms with Gasteiger partial charge in [-0.05, 0) is 63.0 Å². The van der Waals surface area contributed by atoms with Gasteiger partial charge in [-0.25, -0.2) is 4.39 Å². The molecule has 17 heavy (non-hydrogen) atoms. The van der Waals surface area contributed by atoms with Gasteiger partial charge in [-0.2, -0.15) is 0 Å². The number of rotatable bonds is 4. The first-order valence-electron chi connectivity index (χ1n) is 6.45. The van der Waals surface area contributed by atoms with Crippen molar-refractivity contribution in [3.63, 3.8) is 0 Å². The van der Waals surface area contributed by atoms with Gasteiger partial charge in [0.2, 0.25) is 0 Å². The second-order valence-corrected chi connectivity index (χ2v) is 4.89.